The first kappa shape index (κ1) is 24.4. The van der Waals surface area contributed by atoms with E-state index in [9.17, 15) is 4.79 Å². The lowest BCUT2D eigenvalue weighted by Gasteiger charge is -2.55. The molecule has 2 bridgehead atoms. The molecule has 0 spiro atoms. The van der Waals surface area contributed by atoms with Crippen molar-refractivity contribution in [2.75, 3.05) is 19.6 Å². The molecular formula is C33H39N3O. The predicted molar refractivity (Wildman–Crippen MR) is 150 cm³/mol. The Kier molecular flexibility index (Phi) is 6.40. The molecule has 3 atom stereocenters. The fourth-order valence-corrected chi connectivity index (χ4v) is 6.63. The Labute approximate surface area is 221 Å². The molecule has 37 heavy (non-hydrogen) atoms. The van der Waals surface area contributed by atoms with Crippen LogP contribution in [0.4, 0.5) is 0 Å². The standard InChI is InChI=1S/C33H39N3O/c1-22-4-9-29(20-35-22)26-10-7-24(8-11-26)14-16-34-32(37)28-13-12-27-19-31-23(2)33(3,30(27)18-28)15-17-36(31)21-25-5-6-25/h4,7-13,18,20,23,25,31H,5-6,14-17,19,21H2,1-3H3,(H,34,37)/t23-,31?,33+/m0/s1. The average Bonchev–Trinajstić information content (AvgIpc) is 3.73. The number of amides is 1. The first-order chi connectivity index (χ1) is 17.9. The van der Waals surface area contributed by atoms with Gasteiger partial charge in [-0.3, -0.25) is 14.7 Å². The van der Waals surface area contributed by atoms with E-state index in [1.165, 1.54) is 49.0 Å². The zero-order valence-electron chi connectivity index (χ0n) is 22.5. The number of nitrogens with one attached hydrogen (secondary N) is 1. The van der Waals surface area contributed by atoms with Crippen molar-refractivity contribution in [2.45, 2.75) is 64.3 Å². The molecule has 2 fully saturated rings. The Bertz CT molecular complexity index is 1280. The SMILES string of the molecule is Cc1ccc(-c2ccc(CCNC(=O)c3ccc4c(c3)[C@]3(C)CCN(CC5CC5)C(C4)[C@@H]3C)cc2)cn1. The van der Waals surface area contributed by atoms with E-state index >= 15 is 0 Å². The summed E-state index contributed by atoms with van der Waals surface area (Å²) in [6.07, 6.45) is 7.87. The molecular weight excluding hydrogens is 454 g/mol. The number of piperidine rings is 1. The molecule has 2 heterocycles. The Morgan fingerprint density at radius 1 is 1.08 bits per heavy atom. The van der Waals surface area contributed by atoms with E-state index in [0.29, 0.717) is 18.5 Å². The number of benzene rings is 2. The molecule has 1 saturated heterocycles. The van der Waals surface area contributed by atoms with Gasteiger partial charge in [0.1, 0.15) is 0 Å². The van der Waals surface area contributed by atoms with E-state index in [0.717, 1.165) is 41.1 Å². The van der Waals surface area contributed by atoms with Crippen molar-refractivity contribution < 1.29 is 4.79 Å². The maximum atomic E-state index is 13.1. The van der Waals surface area contributed by atoms with Gasteiger partial charge < -0.3 is 5.32 Å². The second kappa shape index (κ2) is 9.72. The Balaban J connectivity index is 1.09. The highest BCUT2D eigenvalue weighted by Gasteiger charge is 2.49. The lowest BCUT2D eigenvalue weighted by atomic mass is 9.59. The van der Waals surface area contributed by atoms with Crippen LogP contribution in [-0.4, -0.2) is 41.5 Å². The van der Waals surface area contributed by atoms with Gasteiger partial charge in [-0.1, -0.05) is 50.2 Å². The van der Waals surface area contributed by atoms with E-state index in [1.54, 1.807) is 0 Å². The van der Waals surface area contributed by atoms with Gasteiger partial charge >= 0.3 is 0 Å². The third-order valence-corrected chi connectivity index (χ3v) is 9.47. The van der Waals surface area contributed by atoms with Crippen LogP contribution in [0, 0.1) is 18.8 Å². The number of carbonyl (C=O) groups excluding carboxylic acids is 1. The Morgan fingerprint density at radius 2 is 1.86 bits per heavy atom. The van der Waals surface area contributed by atoms with Crippen LogP contribution in [0.15, 0.2) is 60.8 Å². The van der Waals surface area contributed by atoms with Crippen LogP contribution >= 0.6 is 0 Å². The molecule has 1 amide bonds. The Morgan fingerprint density at radius 3 is 2.59 bits per heavy atom. The molecule has 2 aromatic carbocycles. The molecule has 3 aliphatic rings. The molecule has 1 aliphatic heterocycles. The fraction of sp³-hybridized carbons (Fsp3) is 0.455. The number of aromatic nitrogens is 1. The number of carbonyl (C=O) groups is 1. The molecule has 192 valence electrons. The van der Waals surface area contributed by atoms with Gasteiger partial charge in [0, 0.05) is 42.1 Å². The summed E-state index contributed by atoms with van der Waals surface area (Å²) in [4.78, 5) is 20.3. The van der Waals surface area contributed by atoms with Crippen LogP contribution in [0.5, 0.6) is 0 Å². The molecule has 1 N–H and O–H groups in total. The van der Waals surface area contributed by atoms with E-state index in [2.05, 4.69) is 71.5 Å². The maximum absolute atomic E-state index is 13.1. The van der Waals surface area contributed by atoms with Gasteiger partial charge in [0.25, 0.3) is 5.91 Å². The first-order valence-electron chi connectivity index (χ1n) is 14.1. The van der Waals surface area contributed by atoms with Crippen molar-refractivity contribution in [1.29, 1.82) is 0 Å². The third-order valence-electron chi connectivity index (χ3n) is 9.47. The molecule has 0 radical (unpaired) electrons. The summed E-state index contributed by atoms with van der Waals surface area (Å²) in [6.45, 7) is 9.99. The van der Waals surface area contributed by atoms with Crippen LogP contribution in [0.1, 0.15) is 65.9 Å². The van der Waals surface area contributed by atoms with Gasteiger partial charge in [0.15, 0.2) is 0 Å². The number of aryl methyl sites for hydroxylation is 1. The quantitative estimate of drug-likeness (QED) is 0.441. The van der Waals surface area contributed by atoms with Crippen molar-refractivity contribution in [3.05, 3.63) is 88.7 Å². The van der Waals surface area contributed by atoms with Gasteiger partial charge in [-0.15, -0.1) is 0 Å². The minimum absolute atomic E-state index is 0.0368. The molecule has 1 saturated carbocycles. The van der Waals surface area contributed by atoms with Crippen molar-refractivity contribution >= 4 is 5.91 Å². The molecule has 1 unspecified atom stereocenters. The second-order valence-electron chi connectivity index (χ2n) is 11.9. The molecule has 2 aliphatic carbocycles. The van der Waals surface area contributed by atoms with Gasteiger partial charge in [-0.05, 0) is 103 Å². The zero-order valence-corrected chi connectivity index (χ0v) is 22.5. The van der Waals surface area contributed by atoms with E-state index in [4.69, 9.17) is 0 Å². The van der Waals surface area contributed by atoms with Crippen LogP contribution in [-0.2, 0) is 18.3 Å². The van der Waals surface area contributed by atoms with E-state index in [-0.39, 0.29) is 11.3 Å². The number of hydrogen-bond donors (Lipinski definition) is 1. The number of fused-ring (bicyclic) bond motifs is 4. The van der Waals surface area contributed by atoms with Crippen LogP contribution < -0.4 is 5.32 Å². The van der Waals surface area contributed by atoms with Crippen LogP contribution in [0.2, 0.25) is 0 Å². The maximum Gasteiger partial charge on any atom is 0.251 e. The summed E-state index contributed by atoms with van der Waals surface area (Å²) in [7, 11) is 0. The fourth-order valence-electron chi connectivity index (χ4n) is 6.63. The monoisotopic (exact) mass is 493 g/mol. The number of rotatable bonds is 7. The predicted octanol–water partition coefficient (Wildman–Crippen LogP) is 5.96. The number of pyridine rings is 1. The van der Waals surface area contributed by atoms with Gasteiger partial charge in [-0.25, -0.2) is 0 Å². The molecule has 1 aromatic heterocycles. The summed E-state index contributed by atoms with van der Waals surface area (Å²) in [5.74, 6) is 1.59. The summed E-state index contributed by atoms with van der Waals surface area (Å²) < 4.78 is 0. The summed E-state index contributed by atoms with van der Waals surface area (Å²) >= 11 is 0. The molecule has 6 rings (SSSR count). The largest absolute Gasteiger partial charge is 0.352 e. The number of hydrogen-bond acceptors (Lipinski definition) is 3. The normalized spacial score (nSPS) is 24.9. The lowest BCUT2D eigenvalue weighted by Crippen LogP contribution is -2.58. The molecule has 4 nitrogen and oxygen atoms in total. The molecule has 3 aromatic rings. The summed E-state index contributed by atoms with van der Waals surface area (Å²) in [5.41, 5.74) is 8.36. The van der Waals surface area contributed by atoms with Crippen molar-refractivity contribution in [3.63, 3.8) is 0 Å². The van der Waals surface area contributed by atoms with Crippen LogP contribution in [0.3, 0.4) is 0 Å². The number of likely N-dealkylation sites (tertiary alicyclic amines) is 1. The van der Waals surface area contributed by atoms with Crippen molar-refractivity contribution in [2.24, 2.45) is 11.8 Å². The van der Waals surface area contributed by atoms with Gasteiger partial charge in [-0.2, -0.15) is 0 Å². The highest BCUT2D eigenvalue weighted by molar-refractivity contribution is 5.94. The van der Waals surface area contributed by atoms with E-state index < -0.39 is 0 Å². The molecule has 4 heteroatoms. The summed E-state index contributed by atoms with van der Waals surface area (Å²) in [6, 6.07) is 19.8. The Hall–Kier alpha value is -2.98. The van der Waals surface area contributed by atoms with E-state index in [1.807, 2.05) is 25.3 Å². The number of nitrogens with zero attached hydrogens (tertiary/aromatic N) is 2. The highest BCUT2D eigenvalue weighted by atomic mass is 16.1. The zero-order chi connectivity index (χ0) is 25.6. The second-order valence-corrected chi connectivity index (χ2v) is 11.9. The average molecular weight is 494 g/mol. The highest BCUT2D eigenvalue weighted by Crippen LogP contribution is 2.49. The van der Waals surface area contributed by atoms with Gasteiger partial charge in [0.05, 0.1) is 0 Å². The minimum Gasteiger partial charge on any atom is -0.352 e. The topological polar surface area (TPSA) is 45.2 Å². The minimum atomic E-state index is 0.0368. The van der Waals surface area contributed by atoms with Crippen molar-refractivity contribution in [3.8, 4) is 11.1 Å². The summed E-state index contributed by atoms with van der Waals surface area (Å²) in [5, 5.41) is 3.16. The first-order valence-corrected chi connectivity index (χ1v) is 14.1. The lowest BCUT2D eigenvalue weighted by molar-refractivity contribution is 0.0284. The van der Waals surface area contributed by atoms with Gasteiger partial charge in [0.2, 0.25) is 0 Å². The third kappa shape index (κ3) is 4.84. The van der Waals surface area contributed by atoms with Crippen molar-refractivity contribution in [1.82, 2.24) is 15.2 Å². The smallest absolute Gasteiger partial charge is 0.251 e. The van der Waals surface area contributed by atoms with Crippen LogP contribution in [0.25, 0.3) is 11.1 Å².